The van der Waals surface area contributed by atoms with E-state index in [-0.39, 0.29) is 18.1 Å². The summed E-state index contributed by atoms with van der Waals surface area (Å²) in [6.45, 7) is 8.49. The number of carbonyl (C=O) groups is 3. The molecule has 2 heterocycles. The minimum Gasteiger partial charge on any atom is -0.481 e. The molecule has 0 saturated carbocycles. The van der Waals surface area contributed by atoms with Gasteiger partial charge < -0.3 is 24.8 Å². The van der Waals surface area contributed by atoms with Crippen LogP contribution in [0, 0.1) is 20.8 Å². The fourth-order valence-electron chi connectivity index (χ4n) is 2.91. The fourth-order valence-corrected chi connectivity index (χ4v) is 2.91. The van der Waals surface area contributed by atoms with Gasteiger partial charge in [-0.2, -0.15) is 0 Å². The van der Waals surface area contributed by atoms with E-state index in [0.29, 0.717) is 17.1 Å². The summed E-state index contributed by atoms with van der Waals surface area (Å²) in [5.74, 6) is -2.44. The smallest absolute Gasteiger partial charge is 0.350 e. The van der Waals surface area contributed by atoms with E-state index in [1.54, 1.807) is 0 Å². The topological polar surface area (TPSA) is 103 Å². The summed E-state index contributed by atoms with van der Waals surface area (Å²) in [7, 11) is 0. The zero-order chi connectivity index (χ0) is 19.2. The molecule has 26 heavy (non-hydrogen) atoms. The standard InChI is InChI=1S/C18H20N2O6/c1-8-9(2)15-14(20-12(21)7-24-15)10(3)13(8)19-6-11-16(22)25-18(4,5)26-17(11)23/h6,19H,7H2,1-5H3,(H,20,21). The lowest BCUT2D eigenvalue weighted by molar-refractivity contribution is -0.222. The summed E-state index contributed by atoms with van der Waals surface area (Å²) in [5, 5.41) is 5.77. The minimum atomic E-state index is -1.29. The molecule has 0 atom stereocenters. The molecule has 0 spiro atoms. The third-order valence-corrected chi connectivity index (χ3v) is 4.34. The van der Waals surface area contributed by atoms with E-state index in [1.807, 2.05) is 20.8 Å². The molecule has 1 fully saturated rings. The number of hydrogen-bond acceptors (Lipinski definition) is 7. The van der Waals surface area contributed by atoms with Crippen LogP contribution in [0.4, 0.5) is 11.4 Å². The van der Waals surface area contributed by atoms with Crippen LogP contribution in [0.1, 0.15) is 30.5 Å². The monoisotopic (exact) mass is 360 g/mol. The first-order chi connectivity index (χ1) is 12.1. The molecular weight excluding hydrogens is 340 g/mol. The Morgan fingerprint density at radius 3 is 2.23 bits per heavy atom. The number of hydrogen-bond donors (Lipinski definition) is 2. The molecule has 8 nitrogen and oxygen atoms in total. The Balaban J connectivity index is 1.97. The molecule has 0 bridgehead atoms. The van der Waals surface area contributed by atoms with Gasteiger partial charge in [-0.25, -0.2) is 9.59 Å². The van der Waals surface area contributed by atoms with Gasteiger partial charge in [0.2, 0.25) is 0 Å². The first-order valence-corrected chi connectivity index (χ1v) is 8.10. The maximum absolute atomic E-state index is 12.0. The molecule has 1 aromatic rings. The second-order valence-electron chi connectivity index (χ2n) is 6.67. The van der Waals surface area contributed by atoms with Crippen LogP contribution < -0.4 is 15.4 Å². The summed E-state index contributed by atoms with van der Waals surface area (Å²) in [6, 6.07) is 0. The van der Waals surface area contributed by atoms with Crippen molar-refractivity contribution in [1.82, 2.24) is 0 Å². The number of esters is 2. The molecule has 0 unspecified atom stereocenters. The predicted octanol–water partition coefficient (Wildman–Crippen LogP) is 2.07. The summed E-state index contributed by atoms with van der Waals surface area (Å²) in [5.41, 5.74) is 3.43. The highest BCUT2D eigenvalue weighted by atomic mass is 16.7. The van der Waals surface area contributed by atoms with Crippen LogP contribution >= 0.6 is 0 Å². The van der Waals surface area contributed by atoms with E-state index in [2.05, 4.69) is 10.6 Å². The summed E-state index contributed by atoms with van der Waals surface area (Å²) >= 11 is 0. The number of cyclic esters (lactones) is 2. The lowest BCUT2D eigenvalue weighted by atomic mass is 9.99. The van der Waals surface area contributed by atoms with E-state index in [1.165, 1.54) is 20.0 Å². The largest absolute Gasteiger partial charge is 0.481 e. The van der Waals surface area contributed by atoms with Crippen molar-refractivity contribution in [3.8, 4) is 5.75 Å². The molecule has 0 aromatic heterocycles. The van der Waals surface area contributed by atoms with Gasteiger partial charge in [0.25, 0.3) is 11.7 Å². The number of benzene rings is 1. The number of anilines is 2. The Morgan fingerprint density at radius 1 is 1.00 bits per heavy atom. The van der Waals surface area contributed by atoms with Crippen LogP contribution in [0.25, 0.3) is 0 Å². The van der Waals surface area contributed by atoms with Crippen LogP contribution in [0.15, 0.2) is 11.8 Å². The van der Waals surface area contributed by atoms with Crippen molar-refractivity contribution in [3.05, 3.63) is 28.5 Å². The van der Waals surface area contributed by atoms with Gasteiger partial charge in [0.1, 0.15) is 5.75 Å². The molecule has 2 aliphatic rings. The fraction of sp³-hybridized carbons (Fsp3) is 0.389. The van der Waals surface area contributed by atoms with Crippen molar-refractivity contribution in [2.24, 2.45) is 0 Å². The predicted molar refractivity (Wildman–Crippen MR) is 92.7 cm³/mol. The number of carbonyl (C=O) groups excluding carboxylic acids is 3. The SMILES string of the molecule is Cc1c(C)c2c(c(C)c1NC=C1C(=O)OC(C)(C)OC1=O)NC(=O)CO2. The molecular formula is C18H20N2O6. The van der Waals surface area contributed by atoms with Crippen molar-refractivity contribution in [2.45, 2.75) is 40.4 Å². The van der Waals surface area contributed by atoms with Gasteiger partial charge in [0.05, 0.1) is 5.69 Å². The van der Waals surface area contributed by atoms with Crippen LogP contribution in [-0.4, -0.2) is 30.2 Å². The zero-order valence-electron chi connectivity index (χ0n) is 15.2. The number of rotatable bonds is 2. The van der Waals surface area contributed by atoms with Crippen molar-refractivity contribution in [3.63, 3.8) is 0 Å². The summed E-state index contributed by atoms with van der Waals surface area (Å²) < 4.78 is 15.7. The van der Waals surface area contributed by atoms with Crippen molar-refractivity contribution < 1.29 is 28.6 Å². The van der Waals surface area contributed by atoms with Gasteiger partial charge >= 0.3 is 11.9 Å². The van der Waals surface area contributed by atoms with Gasteiger partial charge in [0, 0.05) is 31.3 Å². The molecule has 2 aliphatic heterocycles. The van der Waals surface area contributed by atoms with Crippen molar-refractivity contribution >= 4 is 29.2 Å². The maximum Gasteiger partial charge on any atom is 0.350 e. The molecule has 8 heteroatoms. The van der Waals surface area contributed by atoms with E-state index in [0.717, 1.165) is 16.7 Å². The zero-order valence-corrected chi connectivity index (χ0v) is 15.2. The quantitative estimate of drug-likeness (QED) is 0.473. The molecule has 0 radical (unpaired) electrons. The summed E-state index contributed by atoms with van der Waals surface area (Å²) in [6.07, 6.45) is 1.26. The third kappa shape index (κ3) is 2.98. The highest BCUT2D eigenvalue weighted by molar-refractivity contribution is 6.15. The maximum atomic E-state index is 12.0. The highest BCUT2D eigenvalue weighted by Gasteiger charge is 2.39. The first-order valence-electron chi connectivity index (χ1n) is 8.10. The van der Waals surface area contributed by atoms with Gasteiger partial charge in [-0.1, -0.05) is 0 Å². The third-order valence-electron chi connectivity index (χ3n) is 4.34. The van der Waals surface area contributed by atoms with E-state index in [9.17, 15) is 14.4 Å². The second-order valence-corrected chi connectivity index (χ2v) is 6.67. The van der Waals surface area contributed by atoms with E-state index < -0.39 is 17.7 Å². The van der Waals surface area contributed by atoms with E-state index in [4.69, 9.17) is 14.2 Å². The Labute approximate surface area is 150 Å². The van der Waals surface area contributed by atoms with Gasteiger partial charge in [0.15, 0.2) is 12.2 Å². The lowest BCUT2D eigenvalue weighted by Crippen LogP contribution is -2.42. The molecule has 138 valence electrons. The molecule has 1 saturated heterocycles. The van der Waals surface area contributed by atoms with Gasteiger partial charge in [-0.15, -0.1) is 0 Å². The van der Waals surface area contributed by atoms with Crippen molar-refractivity contribution in [1.29, 1.82) is 0 Å². The Kier molecular flexibility index (Phi) is 4.14. The van der Waals surface area contributed by atoms with Crippen LogP contribution in [0.2, 0.25) is 0 Å². The second kappa shape index (κ2) is 6.05. The number of ether oxygens (including phenoxy) is 3. The highest BCUT2D eigenvalue weighted by Crippen LogP contribution is 2.41. The molecule has 1 aromatic carbocycles. The van der Waals surface area contributed by atoms with Crippen molar-refractivity contribution in [2.75, 3.05) is 17.2 Å². The molecule has 0 aliphatic carbocycles. The Bertz CT molecular complexity index is 847. The minimum absolute atomic E-state index is 0.0307. The summed E-state index contributed by atoms with van der Waals surface area (Å²) in [4.78, 5) is 35.7. The average Bonchev–Trinajstić information content (AvgIpc) is 2.53. The number of amides is 1. The molecule has 1 amide bonds. The van der Waals surface area contributed by atoms with Gasteiger partial charge in [-0.05, 0) is 31.9 Å². The van der Waals surface area contributed by atoms with Gasteiger partial charge in [-0.3, -0.25) is 4.79 Å². The Morgan fingerprint density at radius 2 is 1.62 bits per heavy atom. The van der Waals surface area contributed by atoms with Crippen LogP contribution in [0.5, 0.6) is 5.75 Å². The first kappa shape index (κ1) is 17.8. The normalized spacial score (nSPS) is 18.2. The van der Waals surface area contributed by atoms with Crippen LogP contribution in [0.3, 0.4) is 0 Å². The number of fused-ring (bicyclic) bond motifs is 1. The Hall–Kier alpha value is -3.03. The number of nitrogens with one attached hydrogen (secondary N) is 2. The molecule has 2 N–H and O–H groups in total. The molecule has 3 rings (SSSR count). The average molecular weight is 360 g/mol. The van der Waals surface area contributed by atoms with Crippen LogP contribution in [-0.2, 0) is 23.9 Å². The lowest BCUT2D eigenvalue weighted by Gasteiger charge is -2.30. The van der Waals surface area contributed by atoms with E-state index >= 15 is 0 Å².